The maximum absolute atomic E-state index is 15.5. The van der Waals surface area contributed by atoms with Crippen LogP contribution in [0.3, 0.4) is 0 Å². The summed E-state index contributed by atoms with van der Waals surface area (Å²) < 4.78 is 30.9. The standard InChI is InChI=1S/C37H32O2P2/c1-3-4-8-19-30(2)40(38,31-20-9-5-10-21-31)36-28-17-15-26-34(36)35-27-16-18-29-37(35)41(39,32-22-11-6-12-23-32)33-24-13-7-14-25-33/h3-29H,1H2,2H3/b8-4-,30-19+. The summed E-state index contributed by atoms with van der Waals surface area (Å²) in [7, 11) is -6.58. The molecule has 0 saturated heterocycles. The zero-order valence-corrected chi connectivity index (χ0v) is 24.8. The van der Waals surface area contributed by atoms with Gasteiger partial charge in [-0.3, -0.25) is 0 Å². The highest BCUT2D eigenvalue weighted by atomic mass is 31.2. The Balaban J connectivity index is 1.82. The number of allylic oxidation sites excluding steroid dienone is 5. The van der Waals surface area contributed by atoms with Crippen LogP contribution in [0.1, 0.15) is 6.92 Å². The summed E-state index contributed by atoms with van der Waals surface area (Å²) in [6.07, 6.45) is 7.30. The van der Waals surface area contributed by atoms with Crippen molar-refractivity contribution in [2.24, 2.45) is 0 Å². The lowest BCUT2D eigenvalue weighted by molar-refractivity contribution is 0.590. The summed E-state index contributed by atoms with van der Waals surface area (Å²) in [6.45, 7) is 5.68. The number of hydrogen-bond acceptors (Lipinski definition) is 2. The molecule has 0 amide bonds. The summed E-state index contributed by atoms with van der Waals surface area (Å²) in [5.41, 5.74) is 1.62. The van der Waals surface area contributed by atoms with Crippen molar-refractivity contribution in [1.82, 2.24) is 0 Å². The van der Waals surface area contributed by atoms with E-state index in [1.165, 1.54) is 0 Å². The Bertz CT molecular complexity index is 1760. The molecule has 0 radical (unpaired) electrons. The highest BCUT2D eigenvalue weighted by molar-refractivity contribution is 7.85. The minimum Gasteiger partial charge on any atom is -0.309 e. The molecule has 0 saturated carbocycles. The Morgan fingerprint density at radius 2 is 0.951 bits per heavy atom. The van der Waals surface area contributed by atoms with Gasteiger partial charge >= 0.3 is 0 Å². The molecular formula is C37H32O2P2. The summed E-state index contributed by atoms with van der Waals surface area (Å²) in [6, 6.07) is 44.6. The molecule has 0 aliphatic carbocycles. The van der Waals surface area contributed by atoms with Gasteiger partial charge in [-0.2, -0.15) is 0 Å². The molecule has 5 aromatic rings. The van der Waals surface area contributed by atoms with Crippen molar-refractivity contribution in [2.75, 3.05) is 0 Å². The van der Waals surface area contributed by atoms with Crippen LogP contribution in [0.4, 0.5) is 0 Å². The van der Waals surface area contributed by atoms with E-state index in [0.717, 1.165) is 37.7 Å². The van der Waals surface area contributed by atoms with Gasteiger partial charge < -0.3 is 9.13 Å². The van der Waals surface area contributed by atoms with Crippen molar-refractivity contribution in [3.63, 3.8) is 0 Å². The van der Waals surface area contributed by atoms with Gasteiger partial charge in [-0.1, -0.05) is 170 Å². The van der Waals surface area contributed by atoms with Gasteiger partial charge in [0.1, 0.15) is 0 Å². The van der Waals surface area contributed by atoms with Gasteiger partial charge in [0.25, 0.3) is 0 Å². The van der Waals surface area contributed by atoms with Crippen molar-refractivity contribution < 1.29 is 9.13 Å². The quantitative estimate of drug-likeness (QED) is 0.133. The van der Waals surface area contributed by atoms with Crippen molar-refractivity contribution in [2.45, 2.75) is 6.92 Å². The summed E-state index contributed by atoms with van der Waals surface area (Å²) in [5, 5.41) is 4.45. The Kier molecular flexibility index (Phi) is 8.65. The SMILES string of the molecule is C=C/C=C\C=C(/C)P(=O)(c1ccccc1)c1ccccc1-c1ccccc1P(=O)(c1ccccc1)c1ccccc1. The molecule has 5 rings (SSSR count). The fourth-order valence-electron chi connectivity index (χ4n) is 5.20. The van der Waals surface area contributed by atoms with Crippen LogP contribution in [-0.2, 0) is 9.13 Å². The van der Waals surface area contributed by atoms with Crippen LogP contribution in [-0.4, -0.2) is 0 Å². The number of rotatable bonds is 9. The predicted molar refractivity (Wildman–Crippen MR) is 178 cm³/mol. The Morgan fingerprint density at radius 1 is 0.537 bits per heavy atom. The van der Waals surface area contributed by atoms with Gasteiger partial charge in [-0.25, -0.2) is 0 Å². The molecule has 202 valence electrons. The lowest BCUT2D eigenvalue weighted by Gasteiger charge is -2.26. The van der Waals surface area contributed by atoms with E-state index in [1.54, 1.807) is 6.08 Å². The zero-order valence-electron chi connectivity index (χ0n) is 23.0. The van der Waals surface area contributed by atoms with E-state index in [-0.39, 0.29) is 0 Å². The first-order valence-corrected chi connectivity index (χ1v) is 17.0. The fourth-order valence-corrected chi connectivity index (χ4v) is 10.9. The van der Waals surface area contributed by atoms with Crippen LogP contribution < -0.4 is 26.5 Å². The second-order valence-corrected chi connectivity index (χ2v) is 15.3. The van der Waals surface area contributed by atoms with E-state index in [0.29, 0.717) is 5.30 Å². The van der Waals surface area contributed by atoms with E-state index in [2.05, 4.69) is 6.58 Å². The van der Waals surface area contributed by atoms with Crippen molar-refractivity contribution >= 4 is 40.8 Å². The first-order valence-electron chi connectivity index (χ1n) is 13.5. The minimum atomic E-state index is -3.30. The third-order valence-electron chi connectivity index (χ3n) is 7.22. The van der Waals surface area contributed by atoms with Crippen LogP contribution in [0.2, 0.25) is 0 Å². The van der Waals surface area contributed by atoms with E-state index in [1.807, 2.05) is 165 Å². The molecule has 0 heterocycles. The summed E-state index contributed by atoms with van der Waals surface area (Å²) in [5.74, 6) is 0. The lowest BCUT2D eigenvalue weighted by atomic mass is 10.1. The average Bonchev–Trinajstić information content (AvgIpc) is 3.05. The van der Waals surface area contributed by atoms with Crippen LogP contribution in [0.25, 0.3) is 11.1 Å². The molecule has 41 heavy (non-hydrogen) atoms. The normalized spacial score (nSPS) is 13.5. The maximum atomic E-state index is 15.5. The topological polar surface area (TPSA) is 34.1 Å². The summed E-state index contributed by atoms with van der Waals surface area (Å²) in [4.78, 5) is 0. The van der Waals surface area contributed by atoms with Gasteiger partial charge in [0, 0.05) is 26.5 Å². The molecule has 4 heteroatoms. The Hall–Kier alpha value is -4.22. The van der Waals surface area contributed by atoms with Crippen molar-refractivity contribution in [3.05, 3.63) is 176 Å². The van der Waals surface area contributed by atoms with E-state index in [4.69, 9.17) is 0 Å². The monoisotopic (exact) mass is 570 g/mol. The average molecular weight is 571 g/mol. The molecule has 0 aliphatic rings. The molecule has 1 unspecified atom stereocenters. The van der Waals surface area contributed by atoms with E-state index >= 15 is 9.13 Å². The van der Waals surface area contributed by atoms with Gasteiger partial charge in [-0.15, -0.1) is 0 Å². The highest BCUT2D eigenvalue weighted by Gasteiger charge is 2.35. The Labute approximate surface area is 243 Å². The minimum absolute atomic E-state index is 0.715. The second kappa shape index (κ2) is 12.5. The second-order valence-electron chi connectivity index (χ2n) is 9.69. The van der Waals surface area contributed by atoms with Gasteiger partial charge in [-0.05, 0) is 23.4 Å². The molecule has 2 nitrogen and oxygen atoms in total. The molecule has 1 atom stereocenters. The molecular weight excluding hydrogens is 538 g/mol. The third-order valence-corrected chi connectivity index (χ3v) is 13.6. The zero-order chi connectivity index (χ0) is 28.7. The van der Waals surface area contributed by atoms with Gasteiger partial charge in [0.15, 0.2) is 14.3 Å². The Morgan fingerprint density at radius 3 is 1.46 bits per heavy atom. The molecule has 0 aromatic heterocycles. The van der Waals surface area contributed by atoms with Crippen molar-refractivity contribution in [1.29, 1.82) is 0 Å². The lowest BCUT2D eigenvalue weighted by Crippen LogP contribution is -2.27. The van der Waals surface area contributed by atoms with Crippen molar-refractivity contribution in [3.8, 4) is 11.1 Å². The first-order chi connectivity index (χ1) is 20.0. The van der Waals surface area contributed by atoms with Crippen LogP contribution in [0, 0.1) is 0 Å². The molecule has 0 spiro atoms. The molecule has 0 aliphatic heterocycles. The molecule has 0 bridgehead atoms. The molecule has 0 fully saturated rings. The largest absolute Gasteiger partial charge is 0.309 e. The third kappa shape index (κ3) is 5.42. The van der Waals surface area contributed by atoms with Crippen LogP contribution in [0.15, 0.2) is 176 Å². The maximum Gasteiger partial charge on any atom is 0.171 e. The summed E-state index contributed by atoms with van der Waals surface area (Å²) >= 11 is 0. The van der Waals surface area contributed by atoms with Crippen LogP contribution in [0.5, 0.6) is 0 Å². The number of hydrogen-bond donors (Lipinski definition) is 0. The fraction of sp³-hybridized carbons (Fsp3) is 0.0270. The molecule has 0 N–H and O–H groups in total. The smallest absolute Gasteiger partial charge is 0.171 e. The number of benzene rings is 5. The van der Waals surface area contributed by atoms with E-state index in [9.17, 15) is 0 Å². The molecule has 5 aromatic carbocycles. The van der Waals surface area contributed by atoms with Gasteiger partial charge in [0.05, 0.1) is 0 Å². The predicted octanol–water partition coefficient (Wildman–Crippen LogP) is 7.95. The highest BCUT2D eigenvalue weighted by Crippen LogP contribution is 2.54. The van der Waals surface area contributed by atoms with Gasteiger partial charge in [0.2, 0.25) is 0 Å². The van der Waals surface area contributed by atoms with Crippen LogP contribution >= 0.6 is 14.3 Å². The first kappa shape index (κ1) is 28.3. The van der Waals surface area contributed by atoms with E-state index < -0.39 is 14.3 Å².